The van der Waals surface area contributed by atoms with Gasteiger partial charge >= 0.3 is 0 Å². The number of carbonyl (C=O) groups is 1. The number of ether oxygens (including phenoxy) is 2. The first-order chi connectivity index (χ1) is 14.1. The monoisotopic (exact) mass is 430 g/mol. The van der Waals surface area contributed by atoms with E-state index in [1.165, 1.54) is 0 Å². The molecule has 0 spiro atoms. The van der Waals surface area contributed by atoms with Gasteiger partial charge in [-0.05, 0) is 67.7 Å². The summed E-state index contributed by atoms with van der Waals surface area (Å²) in [6.07, 6.45) is 2.30. The van der Waals surface area contributed by atoms with Gasteiger partial charge in [-0.2, -0.15) is 5.10 Å². The Morgan fingerprint density at radius 2 is 2.28 bits per heavy atom. The highest BCUT2D eigenvalue weighted by Gasteiger charge is 2.21. The van der Waals surface area contributed by atoms with Gasteiger partial charge in [0.2, 0.25) is 5.91 Å². The Kier molecular flexibility index (Phi) is 6.08. The lowest BCUT2D eigenvalue weighted by atomic mass is 10.2. The summed E-state index contributed by atoms with van der Waals surface area (Å²) in [7, 11) is 0. The lowest BCUT2D eigenvalue weighted by molar-refractivity contribution is -0.118. The second-order valence-electron chi connectivity index (χ2n) is 6.84. The molecule has 9 heteroatoms. The molecular weight excluding hydrogens is 408 g/mol. The minimum absolute atomic E-state index is 0.173. The van der Waals surface area contributed by atoms with E-state index in [4.69, 9.17) is 21.7 Å². The fourth-order valence-electron chi connectivity index (χ4n) is 3.21. The second-order valence-corrected chi connectivity index (χ2v) is 8.17. The number of hydrogen-bond acceptors (Lipinski definition) is 6. The van der Waals surface area contributed by atoms with Crippen molar-refractivity contribution in [2.45, 2.75) is 31.9 Å². The molecule has 1 saturated heterocycles. The van der Waals surface area contributed by atoms with E-state index in [1.807, 2.05) is 41.8 Å². The molecular formula is C20H22N4O3S2. The van der Waals surface area contributed by atoms with Crippen LogP contribution in [-0.2, 0) is 9.53 Å². The van der Waals surface area contributed by atoms with Crippen LogP contribution in [0.25, 0.3) is 10.7 Å². The normalized spacial score (nSPS) is 17.2. The van der Waals surface area contributed by atoms with Crippen molar-refractivity contribution in [3.05, 3.63) is 46.5 Å². The standard InChI is InChI=1S/C20H22N4O3S2/c1-13(24-18(22-23-20(24)28)17-5-3-11-29-17)19(25)21-14-6-8-15(9-7-14)27-12-16-4-2-10-26-16/h3,5-9,11,13,16H,2,4,10,12H2,1H3,(H,21,25)(H,23,28). The van der Waals surface area contributed by atoms with Crippen LogP contribution in [-0.4, -0.2) is 40.0 Å². The number of hydrogen-bond donors (Lipinski definition) is 2. The zero-order valence-corrected chi connectivity index (χ0v) is 17.6. The average molecular weight is 431 g/mol. The Balaban J connectivity index is 1.40. The van der Waals surface area contributed by atoms with E-state index in [0.29, 0.717) is 22.9 Å². The number of nitrogens with zero attached hydrogens (tertiary/aromatic N) is 2. The molecule has 7 nitrogen and oxygen atoms in total. The first-order valence-corrected chi connectivity index (χ1v) is 10.8. The van der Waals surface area contributed by atoms with Gasteiger partial charge in [-0.1, -0.05) is 6.07 Å². The third-order valence-corrected chi connectivity index (χ3v) is 5.95. The molecule has 3 aromatic rings. The fraction of sp³-hybridized carbons (Fsp3) is 0.350. The Morgan fingerprint density at radius 3 is 2.97 bits per heavy atom. The van der Waals surface area contributed by atoms with Crippen molar-refractivity contribution in [2.24, 2.45) is 0 Å². The van der Waals surface area contributed by atoms with E-state index in [1.54, 1.807) is 22.8 Å². The van der Waals surface area contributed by atoms with Crippen molar-refractivity contribution in [1.29, 1.82) is 0 Å². The summed E-state index contributed by atoms with van der Waals surface area (Å²) in [6, 6.07) is 10.7. The van der Waals surface area contributed by atoms with Crippen LogP contribution in [0.2, 0.25) is 0 Å². The van der Waals surface area contributed by atoms with Crippen molar-refractivity contribution in [2.75, 3.05) is 18.5 Å². The highest BCUT2D eigenvalue weighted by molar-refractivity contribution is 7.71. The third kappa shape index (κ3) is 4.58. The maximum absolute atomic E-state index is 12.8. The lowest BCUT2D eigenvalue weighted by Crippen LogP contribution is -2.24. The molecule has 1 aliphatic heterocycles. The number of anilines is 1. The summed E-state index contributed by atoms with van der Waals surface area (Å²) in [5.74, 6) is 1.24. The van der Waals surface area contributed by atoms with Gasteiger partial charge in [0.05, 0.1) is 11.0 Å². The maximum atomic E-state index is 12.8. The van der Waals surface area contributed by atoms with Crippen molar-refractivity contribution < 1.29 is 14.3 Å². The highest BCUT2D eigenvalue weighted by Crippen LogP contribution is 2.26. The molecule has 0 aliphatic carbocycles. The Labute approximate surface area is 177 Å². The van der Waals surface area contributed by atoms with E-state index in [-0.39, 0.29) is 12.0 Å². The summed E-state index contributed by atoms with van der Waals surface area (Å²) in [5, 5.41) is 12.0. The molecule has 0 saturated carbocycles. The number of H-pyrrole nitrogens is 1. The van der Waals surface area contributed by atoms with Crippen LogP contribution in [0.5, 0.6) is 5.75 Å². The van der Waals surface area contributed by atoms with Gasteiger partial charge < -0.3 is 14.8 Å². The van der Waals surface area contributed by atoms with Gasteiger partial charge in [0.1, 0.15) is 18.4 Å². The Hall–Kier alpha value is -2.49. The van der Waals surface area contributed by atoms with E-state index in [0.717, 1.165) is 30.1 Å². The van der Waals surface area contributed by atoms with Gasteiger partial charge in [0.25, 0.3) is 0 Å². The van der Waals surface area contributed by atoms with Crippen molar-refractivity contribution in [3.8, 4) is 16.5 Å². The molecule has 0 bridgehead atoms. The van der Waals surface area contributed by atoms with Crippen molar-refractivity contribution in [3.63, 3.8) is 0 Å². The molecule has 2 atom stereocenters. The second kappa shape index (κ2) is 8.89. The van der Waals surface area contributed by atoms with Gasteiger partial charge in [-0.15, -0.1) is 11.3 Å². The summed E-state index contributed by atoms with van der Waals surface area (Å²) in [4.78, 5) is 13.8. The molecule has 29 heavy (non-hydrogen) atoms. The van der Waals surface area contributed by atoms with Crippen LogP contribution >= 0.6 is 23.6 Å². The highest BCUT2D eigenvalue weighted by atomic mass is 32.1. The van der Waals surface area contributed by atoms with E-state index < -0.39 is 6.04 Å². The predicted octanol–water partition coefficient (Wildman–Crippen LogP) is 4.43. The molecule has 1 fully saturated rings. The average Bonchev–Trinajstić information content (AvgIpc) is 3.48. The first kappa shape index (κ1) is 19.8. The molecule has 0 radical (unpaired) electrons. The number of benzene rings is 1. The predicted molar refractivity (Wildman–Crippen MR) is 115 cm³/mol. The van der Waals surface area contributed by atoms with Crippen LogP contribution in [0.4, 0.5) is 5.69 Å². The molecule has 4 rings (SSSR count). The summed E-state index contributed by atoms with van der Waals surface area (Å²) in [5.41, 5.74) is 0.694. The molecule has 1 amide bonds. The molecule has 1 aromatic carbocycles. The SMILES string of the molecule is CC(C(=O)Nc1ccc(OCC2CCCO2)cc1)n1c(-c2cccs2)n[nH]c1=S. The Bertz CT molecular complexity index is 1010. The first-order valence-electron chi connectivity index (χ1n) is 9.48. The summed E-state index contributed by atoms with van der Waals surface area (Å²) in [6.45, 7) is 3.16. The van der Waals surface area contributed by atoms with Crippen LogP contribution in [0.15, 0.2) is 41.8 Å². The van der Waals surface area contributed by atoms with Gasteiger partial charge in [0, 0.05) is 12.3 Å². The summed E-state index contributed by atoms with van der Waals surface area (Å²) < 4.78 is 13.5. The molecule has 3 heterocycles. The summed E-state index contributed by atoms with van der Waals surface area (Å²) >= 11 is 6.89. The van der Waals surface area contributed by atoms with E-state index in [9.17, 15) is 4.79 Å². The third-order valence-electron chi connectivity index (χ3n) is 4.79. The maximum Gasteiger partial charge on any atom is 0.247 e. The molecule has 2 N–H and O–H groups in total. The minimum Gasteiger partial charge on any atom is -0.491 e. The largest absolute Gasteiger partial charge is 0.491 e. The minimum atomic E-state index is -0.520. The lowest BCUT2D eigenvalue weighted by Gasteiger charge is -2.16. The van der Waals surface area contributed by atoms with Crippen LogP contribution < -0.4 is 10.1 Å². The molecule has 2 aromatic heterocycles. The van der Waals surface area contributed by atoms with Crippen LogP contribution in [0.3, 0.4) is 0 Å². The van der Waals surface area contributed by atoms with Crippen molar-refractivity contribution >= 4 is 35.1 Å². The number of amides is 1. The number of aromatic amines is 1. The van der Waals surface area contributed by atoms with Crippen LogP contribution in [0.1, 0.15) is 25.8 Å². The van der Waals surface area contributed by atoms with Crippen molar-refractivity contribution in [1.82, 2.24) is 14.8 Å². The number of nitrogens with one attached hydrogen (secondary N) is 2. The zero-order valence-electron chi connectivity index (χ0n) is 16.0. The smallest absolute Gasteiger partial charge is 0.247 e. The number of carbonyl (C=O) groups excluding carboxylic acids is 1. The van der Waals surface area contributed by atoms with Gasteiger partial charge in [0.15, 0.2) is 10.6 Å². The molecule has 1 aliphatic rings. The quantitative estimate of drug-likeness (QED) is 0.542. The van der Waals surface area contributed by atoms with E-state index >= 15 is 0 Å². The van der Waals surface area contributed by atoms with E-state index in [2.05, 4.69) is 15.5 Å². The van der Waals surface area contributed by atoms with Gasteiger partial charge in [-0.3, -0.25) is 14.5 Å². The Morgan fingerprint density at radius 1 is 1.45 bits per heavy atom. The fourth-order valence-corrected chi connectivity index (χ4v) is 4.21. The topological polar surface area (TPSA) is 81.2 Å². The number of thiophene rings is 1. The number of aromatic nitrogens is 3. The number of rotatable bonds is 7. The van der Waals surface area contributed by atoms with Crippen LogP contribution in [0, 0.1) is 4.77 Å². The zero-order chi connectivity index (χ0) is 20.2. The van der Waals surface area contributed by atoms with Gasteiger partial charge in [-0.25, -0.2) is 0 Å². The molecule has 152 valence electrons. The molecule has 2 unspecified atom stereocenters.